The van der Waals surface area contributed by atoms with Gasteiger partial charge in [0.25, 0.3) is 0 Å². The van der Waals surface area contributed by atoms with Crippen molar-refractivity contribution in [1.29, 1.82) is 0 Å². The van der Waals surface area contributed by atoms with E-state index in [0.717, 1.165) is 11.1 Å². The van der Waals surface area contributed by atoms with Crippen LogP contribution in [0.15, 0.2) is 24.5 Å². The molecule has 0 spiro atoms. The zero-order chi connectivity index (χ0) is 14.7. The Bertz CT molecular complexity index is 639. The molecule has 6 heteroatoms. The van der Waals surface area contributed by atoms with Crippen molar-refractivity contribution >= 4 is 34.8 Å². The Morgan fingerprint density at radius 3 is 2.40 bits per heavy atom. The summed E-state index contributed by atoms with van der Waals surface area (Å²) in [6, 6.07) is 5.90. The molecule has 0 aliphatic heterocycles. The highest BCUT2D eigenvalue weighted by Gasteiger charge is 2.12. The smallest absolute Gasteiger partial charge is 0.228 e. The standard InChI is InChI=1S/C14H13Cl2N3O/c1-8-3-4-10(5-9(8)2)6-11(20)19-12-13(15)17-7-18-14(12)16/h3-5,7H,6H2,1-2H3,(H,19,20). The molecule has 1 aromatic heterocycles. The number of aromatic nitrogens is 2. The van der Waals surface area contributed by atoms with E-state index in [-0.39, 0.29) is 28.3 Å². The number of hydrogen-bond acceptors (Lipinski definition) is 3. The summed E-state index contributed by atoms with van der Waals surface area (Å²) in [5.74, 6) is -0.216. The number of anilines is 1. The number of carbonyl (C=O) groups excluding carboxylic acids is 1. The Labute approximate surface area is 127 Å². The van der Waals surface area contributed by atoms with E-state index < -0.39 is 0 Å². The molecule has 0 unspecified atom stereocenters. The Hall–Kier alpha value is -1.65. The quantitative estimate of drug-likeness (QED) is 0.882. The Morgan fingerprint density at radius 2 is 1.80 bits per heavy atom. The SMILES string of the molecule is Cc1ccc(CC(=O)Nc2c(Cl)ncnc2Cl)cc1C. The van der Waals surface area contributed by atoms with Crippen LogP contribution >= 0.6 is 23.2 Å². The maximum atomic E-state index is 12.0. The Morgan fingerprint density at radius 1 is 1.15 bits per heavy atom. The number of aryl methyl sites for hydroxylation is 2. The second kappa shape index (κ2) is 6.20. The van der Waals surface area contributed by atoms with Crippen LogP contribution in [-0.4, -0.2) is 15.9 Å². The highest BCUT2D eigenvalue weighted by Crippen LogP contribution is 2.25. The fourth-order valence-electron chi connectivity index (χ4n) is 1.73. The lowest BCUT2D eigenvalue weighted by Gasteiger charge is -2.08. The lowest BCUT2D eigenvalue weighted by molar-refractivity contribution is -0.115. The molecule has 0 bridgehead atoms. The van der Waals surface area contributed by atoms with Gasteiger partial charge in [0.15, 0.2) is 10.3 Å². The maximum absolute atomic E-state index is 12.0. The van der Waals surface area contributed by atoms with E-state index in [4.69, 9.17) is 23.2 Å². The van der Waals surface area contributed by atoms with Crippen molar-refractivity contribution < 1.29 is 4.79 Å². The summed E-state index contributed by atoms with van der Waals surface area (Å²) in [6.45, 7) is 4.04. The van der Waals surface area contributed by atoms with Gasteiger partial charge < -0.3 is 5.32 Å². The molecule has 0 atom stereocenters. The van der Waals surface area contributed by atoms with Crippen molar-refractivity contribution in [3.63, 3.8) is 0 Å². The fourth-order valence-corrected chi connectivity index (χ4v) is 2.14. The van der Waals surface area contributed by atoms with E-state index >= 15 is 0 Å². The van der Waals surface area contributed by atoms with Crippen LogP contribution in [0.3, 0.4) is 0 Å². The van der Waals surface area contributed by atoms with Gasteiger partial charge in [0, 0.05) is 0 Å². The predicted octanol–water partition coefficient (Wildman–Crippen LogP) is 3.58. The number of carbonyl (C=O) groups is 1. The van der Waals surface area contributed by atoms with E-state index in [0.29, 0.717) is 0 Å². The zero-order valence-electron chi connectivity index (χ0n) is 11.1. The number of nitrogens with zero attached hydrogens (tertiary/aromatic N) is 2. The summed E-state index contributed by atoms with van der Waals surface area (Å²) >= 11 is 11.7. The van der Waals surface area contributed by atoms with E-state index in [1.54, 1.807) is 0 Å². The number of nitrogens with one attached hydrogen (secondary N) is 1. The molecule has 1 amide bonds. The highest BCUT2D eigenvalue weighted by molar-refractivity contribution is 6.38. The third kappa shape index (κ3) is 3.46. The second-order valence-corrected chi connectivity index (χ2v) is 5.19. The van der Waals surface area contributed by atoms with Gasteiger partial charge in [0.05, 0.1) is 6.42 Å². The average molecular weight is 310 g/mol. The van der Waals surface area contributed by atoms with Crippen molar-refractivity contribution in [2.45, 2.75) is 20.3 Å². The van der Waals surface area contributed by atoms with Crippen LogP contribution in [0.25, 0.3) is 0 Å². The lowest BCUT2D eigenvalue weighted by atomic mass is 10.0. The number of halogens is 2. The molecule has 0 saturated carbocycles. The highest BCUT2D eigenvalue weighted by atomic mass is 35.5. The van der Waals surface area contributed by atoms with E-state index in [1.807, 2.05) is 32.0 Å². The van der Waals surface area contributed by atoms with Crippen LogP contribution < -0.4 is 5.32 Å². The molecule has 20 heavy (non-hydrogen) atoms. The topological polar surface area (TPSA) is 54.9 Å². The van der Waals surface area contributed by atoms with Crippen LogP contribution in [0.4, 0.5) is 5.69 Å². The monoisotopic (exact) mass is 309 g/mol. The molecule has 0 aliphatic carbocycles. The maximum Gasteiger partial charge on any atom is 0.228 e. The van der Waals surface area contributed by atoms with Gasteiger partial charge in [-0.15, -0.1) is 0 Å². The minimum atomic E-state index is -0.216. The molecule has 0 radical (unpaired) electrons. The molecule has 4 nitrogen and oxygen atoms in total. The molecular formula is C14H13Cl2N3O. The van der Waals surface area contributed by atoms with E-state index in [2.05, 4.69) is 15.3 Å². The zero-order valence-corrected chi connectivity index (χ0v) is 12.6. The molecule has 1 N–H and O–H groups in total. The molecule has 1 aromatic carbocycles. The first-order chi connectivity index (χ1) is 9.47. The lowest BCUT2D eigenvalue weighted by Crippen LogP contribution is -2.15. The minimum absolute atomic E-state index is 0.124. The molecule has 2 rings (SSSR count). The molecule has 104 valence electrons. The summed E-state index contributed by atoms with van der Waals surface area (Å²) in [6.07, 6.45) is 1.48. The van der Waals surface area contributed by atoms with Gasteiger partial charge in [0.1, 0.15) is 12.0 Å². The van der Waals surface area contributed by atoms with E-state index in [9.17, 15) is 4.79 Å². The number of amides is 1. The Balaban J connectivity index is 2.11. The van der Waals surface area contributed by atoms with Gasteiger partial charge in [-0.25, -0.2) is 9.97 Å². The van der Waals surface area contributed by atoms with E-state index in [1.165, 1.54) is 11.9 Å². The van der Waals surface area contributed by atoms with Crippen LogP contribution in [0.1, 0.15) is 16.7 Å². The number of benzene rings is 1. The van der Waals surface area contributed by atoms with Crippen molar-refractivity contribution in [3.05, 3.63) is 51.5 Å². The van der Waals surface area contributed by atoms with Gasteiger partial charge in [-0.1, -0.05) is 41.4 Å². The fraction of sp³-hybridized carbons (Fsp3) is 0.214. The molecule has 0 saturated heterocycles. The summed E-state index contributed by atoms with van der Waals surface area (Å²) in [5, 5.41) is 2.88. The van der Waals surface area contributed by atoms with Crippen molar-refractivity contribution in [2.24, 2.45) is 0 Å². The summed E-state index contributed by atoms with van der Waals surface area (Å²) in [4.78, 5) is 19.6. The molecule has 2 aromatic rings. The molecule has 0 aliphatic rings. The number of rotatable bonds is 3. The first-order valence-corrected chi connectivity index (χ1v) is 6.75. The largest absolute Gasteiger partial charge is 0.321 e. The predicted molar refractivity (Wildman–Crippen MR) is 80.3 cm³/mol. The first-order valence-electron chi connectivity index (χ1n) is 5.99. The Kier molecular flexibility index (Phi) is 4.57. The number of hydrogen-bond donors (Lipinski definition) is 1. The molecule has 0 fully saturated rings. The van der Waals surface area contributed by atoms with Crippen molar-refractivity contribution in [2.75, 3.05) is 5.32 Å². The van der Waals surface area contributed by atoms with Crippen LogP contribution in [0, 0.1) is 13.8 Å². The third-order valence-electron chi connectivity index (χ3n) is 2.96. The summed E-state index contributed by atoms with van der Waals surface area (Å²) in [5.41, 5.74) is 3.51. The summed E-state index contributed by atoms with van der Waals surface area (Å²) < 4.78 is 0. The van der Waals surface area contributed by atoms with Gasteiger partial charge in [-0.3, -0.25) is 4.79 Å². The first kappa shape index (κ1) is 14.8. The van der Waals surface area contributed by atoms with Gasteiger partial charge >= 0.3 is 0 Å². The molecular weight excluding hydrogens is 297 g/mol. The summed E-state index contributed by atoms with van der Waals surface area (Å²) in [7, 11) is 0. The van der Waals surface area contributed by atoms with Gasteiger partial charge in [0.2, 0.25) is 5.91 Å². The van der Waals surface area contributed by atoms with Crippen molar-refractivity contribution in [3.8, 4) is 0 Å². The third-order valence-corrected chi connectivity index (χ3v) is 3.53. The van der Waals surface area contributed by atoms with Gasteiger partial charge in [-0.05, 0) is 30.5 Å². The van der Waals surface area contributed by atoms with Crippen LogP contribution in [0.5, 0.6) is 0 Å². The minimum Gasteiger partial charge on any atom is -0.321 e. The van der Waals surface area contributed by atoms with Crippen LogP contribution in [-0.2, 0) is 11.2 Å². The molecule has 1 heterocycles. The average Bonchev–Trinajstić information content (AvgIpc) is 2.38. The second-order valence-electron chi connectivity index (χ2n) is 4.47. The normalized spacial score (nSPS) is 10.4. The van der Waals surface area contributed by atoms with Crippen LogP contribution in [0.2, 0.25) is 10.3 Å². The van der Waals surface area contributed by atoms with Crippen molar-refractivity contribution in [1.82, 2.24) is 9.97 Å². The van der Waals surface area contributed by atoms with Gasteiger partial charge in [-0.2, -0.15) is 0 Å².